The van der Waals surface area contributed by atoms with Gasteiger partial charge in [0.1, 0.15) is 0 Å². The van der Waals surface area contributed by atoms with E-state index in [0.717, 1.165) is 5.92 Å². The van der Waals surface area contributed by atoms with Crippen LogP contribution in [-0.2, 0) is 0 Å². The molecule has 0 unspecified atom stereocenters. The second-order valence-electron chi connectivity index (χ2n) is 5.63. The van der Waals surface area contributed by atoms with E-state index in [1.807, 2.05) is 0 Å². The number of nitrogens with one attached hydrogen (secondary N) is 1. The third-order valence-corrected chi connectivity index (χ3v) is 3.80. The lowest BCUT2D eigenvalue weighted by atomic mass is 9.78. The molecule has 0 aromatic rings. The van der Waals surface area contributed by atoms with Gasteiger partial charge in [-0.25, -0.2) is 0 Å². The predicted octanol–water partition coefficient (Wildman–Crippen LogP) is 1.96. The number of hydrogen-bond acceptors (Lipinski definition) is 2. The molecule has 14 heavy (non-hydrogen) atoms. The molecule has 0 bridgehead atoms. The molecule has 0 aromatic carbocycles. The van der Waals surface area contributed by atoms with Crippen LogP contribution in [-0.4, -0.2) is 37.6 Å². The summed E-state index contributed by atoms with van der Waals surface area (Å²) in [4.78, 5) is 2.68. The van der Waals surface area contributed by atoms with Crippen LogP contribution in [0, 0.1) is 11.3 Å². The summed E-state index contributed by atoms with van der Waals surface area (Å²) in [5.41, 5.74) is 0.695. The monoisotopic (exact) mass is 198 g/mol. The van der Waals surface area contributed by atoms with E-state index in [1.165, 1.54) is 52.0 Å². The molecule has 2 saturated heterocycles. The molecule has 1 N–H and O–H groups in total. The Labute approximate surface area is 89.5 Å². The second-order valence-corrected chi connectivity index (χ2v) is 5.63. The molecule has 2 aliphatic rings. The highest BCUT2D eigenvalue weighted by Crippen LogP contribution is 2.38. The second kappa shape index (κ2) is 4.19. The molecule has 0 atom stereocenters. The maximum absolute atomic E-state index is 3.47. The van der Waals surface area contributed by atoms with Crippen molar-refractivity contribution in [2.45, 2.75) is 33.1 Å². The van der Waals surface area contributed by atoms with Crippen molar-refractivity contribution in [1.82, 2.24) is 10.2 Å². The summed E-state index contributed by atoms with van der Waals surface area (Å²) in [5.74, 6) is 0.826. The summed E-state index contributed by atoms with van der Waals surface area (Å²) in [5, 5.41) is 3.47. The standard InChI is InChI=1S/C12H24N2.H2/c1-11(2)9-14-8-5-12(10-14)3-6-13-7-4-12;/h11,13H,3-10H2,1-2H3;1H. The zero-order valence-electron chi connectivity index (χ0n) is 9.68. The third-order valence-electron chi connectivity index (χ3n) is 3.80. The minimum absolute atomic E-state index is 0. The average Bonchev–Trinajstić information content (AvgIpc) is 2.49. The minimum Gasteiger partial charge on any atom is -0.317 e. The molecule has 0 amide bonds. The quantitative estimate of drug-likeness (QED) is 0.730. The van der Waals surface area contributed by atoms with E-state index in [9.17, 15) is 0 Å². The van der Waals surface area contributed by atoms with Crippen LogP contribution >= 0.6 is 0 Å². The molecular formula is C12H26N2. The largest absolute Gasteiger partial charge is 0.317 e. The van der Waals surface area contributed by atoms with Crippen LogP contribution in [0.4, 0.5) is 0 Å². The summed E-state index contributed by atoms with van der Waals surface area (Å²) in [6, 6.07) is 0. The van der Waals surface area contributed by atoms with Crippen molar-refractivity contribution < 1.29 is 1.43 Å². The van der Waals surface area contributed by atoms with Gasteiger partial charge in [0.05, 0.1) is 0 Å². The fourth-order valence-electron chi connectivity index (χ4n) is 3.07. The van der Waals surface area contributed by atoms with Crippen LogP contribution in [0.25, 0.3) is 0 Å². The van der Waals surface area contributed by atoms with E-state index in [1.54, 1.807) is 0 Å². The van der Waals surface area contributed by atoms with Gasteiger partial charge < -0.3 is 10.2 Å². The molecule has 0 aromatic heterocycles. The van der Waals surface area contributed by atoms with Crippen LogP contribution in [0.3, 0.4) is 0 Å². The van der Waals surface area contributed by atoms with Crippen molar-refractivity contribution in [2.75, 3.05) is 32.7 Å². The number of rotatable bonds is 2. The van der Waals surface area contributed by atoms with Crippen molar-refractivity contribution in [3.8, 4) is 0 Å². The molecule has 1 spiro atoms. The van der Waals surface area contributed by atoms with Crippen molar-refractivity contribution in [1.29, 1.82) is 0 Å². The van der Waals surface area contributed by atoms with Gasteiger partial charge in [0.2, 0.25) is 0 Å². The molecule has 0 radical (unpaired) electrons. The van der Waals surface area contributed by atoms with E-state index < -0.39 is 0 Å². The topological polar surface area (TPSA) is 15.3 Å². The van der Waals surface area contributed by atoms with Gasteiger partial charge in [0.25, 0.3) is 0 Å². The van der Waals surface area contributed by atoms with Crippen molar-refractivity contribution in [3.63, 3.8) is 0 Å². The molecule has 2 aliphatic heterocycles. The highest BCUT2D eigenvalue weighted by molar-refractivity contribution is 4.93. The van der Waals surface area contributed by atoms with Crippen LogP contribution in [0.5, 0.6) is 0 Å². The first kappa shape index (κ1) is 10.4. The molecule has 2 nitrogen and oxygen atoms in total. The van der Waals surface area contributed by atoms with Gasteiger partial charge in [-0.1, -0.05) is 13.8 Å². The molecule has 84 valence electrons. The first-order valence-electron chi connectivity index (χ1n) is 6.13. The van der Waals surface area contributed by atoms with Crippen LogP contribution in [0.15, 0.2) is 0 Å². The normalized spacial score (nSPS) is 27.6. The van der Waals surface area contributed by atoms with Gasteiger partial charge in [0, 0.05) is 14.5 Å². The van der Waals surface area contributed by atoms with E-state index in [0.29, 0.717) is 5.41 Å². The highest BCUT2D eigenvalue weighted by Gasteiger charge is 2.38. The van der Waals surface area contributed by atoms with E-state index >= 15 is 0 Å². The number of piperidine rings is 1. The highest BCUT2D eigenvalue weighted by atomic mass is 15.2. The Bertz CT molecular complexity index is 188. The van der Waals surface area contributed by atoms with E-state index in [4.69, 9.17) is 0 Å². The van der Waals surface area contributed by atoms with Crippen LogP contribution < -0.4 is 5.32 Å². The maximum atomic E-state index is 3.47. The molecule has 0 aliphatic carbocycles. The van der Waals surface area contributed by atoms with Crippen LogP contribution in [0.1, 0.15) is 34.5 Å². The Hall–Kier alpha value is -0.0800. The van der Waals surface area contributed by atoms with Crippen LogP contribution in [0.2, 0.25) is 0 Å². The molecular weight excluding hydrogens is 172 g/mol. The lowest BCUT2D eigenvalue weighted by Gasteiger charge is -2.34. The van der Waals surface area contributed by atoms with Crippen molar-refractivity contribution >= 4 is 0 Å². The summed E-state index contributed by atoms with van der Waals surface area (Å²) in [6.45, 7) is 11.2. The first-order valence-corrected chi connectivity index (χ1v) is 6.13. The Morgan fingerprint density at radius 3 is 2.64 bits per heavy atom. The molecule has 2 heterocycles. The van der Waals surface area contributed by atoms with Gasteiger partial charge >= 0.3 is 0 Å². The lowest BCUT2D eigenvalue weighted by Crippen LogP contribution is -2.39. The van der Waals surface area contributed by atoms with E-state index in [2.05, 4.69) is 24.1 Å². The van der Waals surface area contributed by atoms with Gasteiger partial charge in [-0.05, 0) is 50.2 Å². The lowest BCUT2D eigenvalue weighted by molar-refractivity contribution is 0.189. The first-order chi connectivity index (χ1) is 6.70. The predicted molar refractivity (Wildman–Crippen MR) is 62.5 cm³/mol. The van der Waals surface area contributed by atoms with Gasteiger partial charge in [-0.2, -0.15) is 0 Å². The van der Waals surface area contributed by atoms with Gasteiger partial charge in [-0.15, -0.1) is 0 Å². The fraction of sp³-hybridized carbons (Fsp3) is 1.00. The smallest absolute Gasteiger partial charge is 0.00395 e. The summed E-state index contributed by atoms with van der Waals surface area (Å²) >= 11 is 0. The van der Waals surface area contributed by atoms with Gasteiger partial charge in [-0.3, -0.25) is 0 Å². The maximum Gasteiger partial charge on any atom is 0.00395 e. The SMILES string of the molecule is CC(C)CN1CCC2(CCNCC2)C1.[HH]. The zero-order valence-corrected chi connectivity index (χ0v) is 9.68. The van der Waals surface area contributed by atoms with Crippen molar-refractivity contribution in [2.24, 2.45) is 11.3 Å². The average molecular weight is 198 g/mol. The number of likely N-dealkylation sites (tertiary alicyclic amines) is 1. The zero-order chi connectivity index (χ0) is 10.0. The Morgan fingerprint density at radius 2 is 2.00 bits per heavy atom. The molecule has 2 rings (SSSR count). The Balaban J connectivity index is 0.00000112. The molecule has 0 saturated carbocycles. The number of nitrogens with zero attached hydrogens (tertiary/aromatic N) is 1. The fourth-order valence-corrected chi connectivity index (χ4v) is 3.07. The third kappa shape index (κ3) is 2.29. The minimum atomic E-state index is 0. The number of hydrogen-bond donors (Lipinski definition) is 1. The Morgan fingerprint density at radius 1 is 1.29 bits per heavy atom. The van der Waals surface area contributed by atoms with Gasteiger partial charge in [0.15, 0.2) is 0 Å². The summed E-state index contributed by atoms with van der Waals surface area (Å²) in [7, 11) is 0. The van der Waals surface area contributed by atoms with E-state index in [-0.39, 0.29) is 1.43 Å². The Kier molecular flexibility index (Phi) is 3.13. The van der Waals surface area contributed by atoms with Crippen molar-refractivity contribution in [3.05, 3.63) is 0 Å². The summed E-state index contributed by atoms with van der Waals surface area (Å²) in [6.07, 6.45) is 4.25. The molecule has 2 fully saturated rings. The summed E-state index contributed by atoms with van der Waals surface area (Å²) < 4.78 is 0. The molecule has 2 heteroatoms.